The summed E-state index contributed by atoms with van der Waals surface area (Å²) >= 11 is 1.26. The molecule has 12 heteroatoms. The maximum Gasteiger partial charge on any atom is 0.269 e. The van der Waals surface area contributed by atoms with Crippen molar-refractivity contribution < 1.29 is 22.9 Å². The fourth-order valence-electron chi connectivity index (χ4n) is 3.73. The third kappa shape index (κ3) is 5.58. The van der Waals surface area contributed by atoms with Crippen LogP contribution in [0.15, 0.2) is 47.4 Å². The number of carbonyl (C=O) groups is 1. The van der Waals surface area contributed by atoms with E-state index in [4.69, 9.17) is 4.74 Å². The summed E-state index contributed by atoms with van der Waals surface area (Å²) in [4.78, 5) is 32.2. The second-order valence-electron chi connectivity index (χ2n) is 7.97. The molecule has 180 valence electrons. The zero-order chi connectivity index (χ0) is 24.3. The number of aromatic nitrogens is 1. The van der Waals surface area contributed by atoms with Gasteiger partial charge in [-0.2, -0.15) is 0 Å². The van der Waals surface area contributed by atoms with Crippen molar-refractivity contribution in [3.8, 4) is 0 Å². The van der Waals surface area contributed by atoms with E-state index in [1.807, 2.05) is 0 Å². The lowest BCUT2D eigenvalue weighted by Gasteiger charge is -2.29. The molecule has 4 rings (SSSR count). The summed E-state index contributed by atoms with van der Waals surface area (Å²) in [5.74, 6) is -0.220. The zero-order valence-corrected chi connectivity index (χ0v) is 20.2. The minimum atomic E-state index is -3.49. The van der Waals surface area contributed by atoms with E-state index in [-0.39, 0.29) is 22.9 Å². The molecule has 2 aromatic carbocycles. The Labute approximate surface area is 200 Å². The number of non-ortho nitro benzene ring substituents is 1. The molecule has 1 aliphatic rings. The molecular formula is C22H24N4O6S2. The highest BCUT2D eigenvalue weighted by Gasteiger charge is 2.24. The van der Waals surface area contributed by atoms with Crippen LogP contribution in [0.2, 0.25) is 0 Å². The molecule has 10 nitrogen and oxygen atoms in total. The fraction of sp³-hybridized carbons (Fsp3) is 0.364. The molecule has 0 spiro atoms. The second-order valence-corrected chi connectivity index (χ2v) is 11.0. The first kappa shape index (κ1) is 24.2. The number of hydrogen-bond acceptors (Lipinski definition) is 9. The van der Waals surface area contributed by atoms with E-state index in [9.17, 15) is 23.3 Å². The van der Waals surface area contributed by atoms with Crippen LogP contribution in [0, 0.1) is 10.1 Å². The maximum absolute atomic E-state index is 13.4. The van der Waals surface area contributed by atoms with Gasteiger partial charge in [-0.3, -0.25) is 24.7 Å². The number of morpholine rings is 1. The number of anilines is 1. The molecule has 0 atom stereocenters. The van der Waals surface area contributed by atoms with Gasteiger partial charge in [-0.25, -0.2) is 13.4 Å². The normalized spacial score (nSPS) is 14.9. The second kappa shape index (κ2) is 10.1. The molecule has 0 saturated carbocycles. The highest BCUT2D eigenvalue weighted by atomic mass is 32.2. The summed E-state index contributed by atoms with van der Waals surface area (Å²) in [7, 11) is -3.49. The van der Waals surface area contributed by atoms with Gasteiger partial charge in [-0.15, -0.1) is 0 Å². The standard InChI is InChI=1S/C22H24N4O6S2/c1-34(30,31)19-4-2-3-18-21(19)23-22(33-18)25(10-9-24-11-13-32-14-12-24)20(27)15-16-5-7-17(8-6-16)26(28)29/h2-8H,9-15H2,1H3. The van der Waals surface area contributed by atoms with Crippen molar-refractivity contribution in [2.24, 2.45) is 0 Å². The molecule has 1 amide bonds. The largest absolute Gasteiger partial charge is 0.379 e. The summed E-state index contributed by atoms with van der Waals surface area (Å²) in [6, 6.07) is 10.8. The van der Waals surface area contributed by atoms with Crippen molar-refractivity contribution in [2.45, 2.75) is 11.3 Å². The first-order valence-corrected chi connectivity index (χ1v) is 13.4. The Hall–Kier alpha value is -2.93. The number of nitrogens with zero attached hydrogens (tertiary/aromatic N) is 4. The number of nitro benzene ring substituents is 1. The average Bonchev–Trinajstić information content (AvgIpc) is 3.23. The Morgan fingerprint density at radius 1 is 1.21 bits per heavy atom. The van der Waals surface area contributed by atoms with E-state index in [1.54, 1.807) is 29.2 Å². The fourth-order valence-corrected chi connectivity index (χ4v) is 5.66. The molecular weight excluding hydrogens is 480 g/mol. The van der Waals surface area contributed by atoms with Gasteiger partial charge in [0.1, 0.15) is 5.52 Å². The molecule has 0 bridgehead atoms. The van der Waals surface area contributed by atoms with Crippen LogP contribution >= 0.6 is 11.3 Å². The van der Waals surface area contributed by atoms with E-state index in [2.05, 4.69) is 9.88 Å². The number of carbonyl (C=O) groups excluding carboxylic acids is 1. The molecule has 2 heterocycles. The number of fused-ring (bicyclic) bond motifs is 1. The molecule has 1 aromatic heterocycles. The molecule has 1 saturated heterocycles. The number of benzene rings is 2. The minimum Gasteiger partial charge on any atom is -0.379 e. The topological polar surface area (TPSA) is 123 Å². The first-order valence-electron chi connectivity index (χ1n) is 10.7. The lowest BCUT2D eigenvalue weighted by molar-refractivity contribution is -0.384. The predicted octanol–water partition coefficient (Wildman–Crippen LogP) is 2.52. The SMILES string of the molecule is CS(=O)(=O)c1cccc2sc(N(CCN3CCOCC3)C(=O)Cc3ccc([N+](=O)[O-])cc3)nc12. The lowest BCUT2D eigenvalue weighted by Crippen LogP contribution is -2.43. The molecule has 34 heavy (non-hydrogen) atoms. The molecule has 1 fully saturated rings. The molecule has 3 aromatic rings. The summed E-state index contributed by atoms with van der Waals surface area (Å²) in [5, 5.41) is 11.3. The van der Waals surface area contributed by atoms with Gasteiger partial charge in [0, 0.05) is 44.6 Å². The summed E-state index contributed by atoms with van der Waals surface area (Å²) < 4.78 is 30.5. The lowest BCUT2D eigenvalue weighted by atomic mass is 10.1. The van der Waals surface area contributed by atoms with E-state index < -0.39 is 14.8 Å². The Morgan fingerprint density at radius 3 is 2.56 bits per heavy atom. The van der Waals surface area contributed by atoms with Crippen LogP contribution in [0.3, 0.4) is 0 Å². The van der Waals surface area contributed by atoms with Crippen LogP contribution in [-0.2, 0) is 25.8 Å². The first-order chi connectivity index (χ1) is 16.2. The van der Waals surface area contributed by atoms with Crippen molar-refractivity contribution in [1.82, 2.24) is 9.88 Å². The van der Waals surface area contributed by atoms with Gasteiger partial charge in [0.05, 0.1) is 34.2 Å². The summed E-state index contributed by atoms with van der Waals surface area (Å²) in [5.41, 5.74) is 0.953. The number of hydrogen-bond donors (Lipinski definition) is 0. The Morgan fingerprint density at radius 2 is 1.91 bits per heavy atom. The molecule has 0 N–H and O–H groups in total. The number of rotatable bonds is 8. The maximum atomic E-state index is 13.4. The monoisotopic (exact) mass is 504 g/mol. The van der Waals surface area contributed by atoms with Crippen molar-refractivity contribution >= 4 is 48.1 Å². The number of para-hydroxylation sites is 1. The van der Waals surface area contributed by atoms with Gasteiger partial charge in [-0.1, -0.05) is 29.5 Å². The van der Waals surface area contributed by atoms with Gasteiger partial charge in [-0.05, 0) is 17.7 Å². The third-order valence-corrected chi connectivity index (χ3v) is 7.72. The van der Waals surface area contributed by atoms with Gasteiger partial charge >= 0.3 is 0 Å². The molecule has 0 unspecified atom stereocenters. The van der Waals surface area contributed by atoms with E-state index in [1.165, 1.54) is 29.5 Å². The van der Waals surface area contributed by atoms with Crippen LogP contribution in [0.4, 0.5) is 10.8 Å². The van der Waals surface area contributed by atoms with Gasteiger partial charge < -0.3 is 4.74 Å². The highest BCUT2D eigenvalue weighted by molar-refractivity contribution is 7.91. The third-order valence-electron chi connectivity index (χ3n) is 5.55. The highest BCUT2D eigenvalue weighted by Crippen LogP contribution is 2.33. The number of amides is 1. The van der Waals surface area contributed by atoms with Crippen molar-refractivity contribution in [3.05, 3.63) is 58.1 Å². The zero-order valence-electron chi connectivity index (χ0n) is 18.5. The minimum absolute atomic E-state index is 0.0377. The van der Waals surface area contributed by atoms with E-state index in [0.717, 1.165) is 19.3 Å². The quantitative estimate of drug-likeness (QED) is 0.339. The van der Waals surface area contributed by atoms with Gasteiger partial charge in [0.2, 0.25) is 5.91 Å². The Balaban J connectivity index is 1.63. The smallest absolute Gasteiger partial charge is 0.269 e. The summed E-state index contributed by atoms with van der Waals surface area (Å²) in [6.45, 7) is 3.79. The Bertz CT molecular complexity index is 1300. The number of thiazole rings is 1. The van der Waals surface area contributed by atoms with Crippen LogP contribution in [0.1, 0.15) is 5.56 Å². The van der Waals surface area contributed by atoms with Crippen LogP contribution < -0.4 is 4.90 Å². The van der Waals surface area contributed by atoms with Crippen molar-refractivity contribution in [3.63, 3.8) is 0 Å². The Kier molecular flexibility index (Phi) is 7.22. The predicted molar refractivity (Wildman–Crippen MR) is 129 cm³/mol. The number of ether oxygens (including phenoxy) is 1. The number of nitro groups is 1. The van der Waals surface area contributed by atoms with E-state index in [0.29, 0.717) is 47.2 Å². The van der Waals surface area contributed by atoms with Crippen LogP contribution in [-0.4, -0.2) is 74.8 Å². The molecule has 0 aliphatic carbocycles. The van der Waals surface area contributed by atoms with Crippen molar-refractivity contribution in [1.29, 1.82) is 0 Å². The van der Waals surface area contributed by atoms with E-state index >= 15 is 0 Å². The average molecular weight is 505 g/mol. The number of sulfone groups is 1. The van der Waals surface area contributed by atoms with Gasteiger partial charge in [0.25, 0.3) is 5.69 Å². The van der Waals surface area contributed by atoms with Crippen molar-refractivity contribution in [2.75, 3.05) is 50.5 Å². The van der Waals surface area contributed by atoms with Crippen LogP contribution in [0.5, 0.6) is 0 Å². The molecule has 1 aliphatic heterocycles. The summed E-state index contributed by atoms with van der Waals surface area (Å²) in [6.07, 6.45) is 1.17. The van der Waals surface area contributed by atoms with Gasteiger partial charge in [0.15, 0.2) is 15.0 Å². The molecule has 0 radical (unpaired) electrons. The van der Waals surface area contributed by atoms with Crippen LogP contribution in [0.25, 0.3) is 10.2 Å².